The standard InChI is InChI=1S/C2H3N.CH2O3.2K.H2O/c1-2-3;2-1(3)4;;;/h1H3;(H2,2,3,4);;;1H2/q;;2*+1;/p-2. The fraction of sp³-hybridized carbons (Fsp3) is 0.333. The quantitative estimate of drug-likeness (QED) is 0.358. The molecular weight excluding hydrogens is 192 g/mol. The summed E-state index contributed by atoms with van der Waals surface area (Å²) in [5.74, 6) is 0. The number of carbonyl (C=O) groups is 1. The first-order chi connectivity index (χ1) is 3.15. The van der Waals surface area contributed by atoms with Gasteiger partial charge in [-0.2, -0.15) is 5.26 Å². The van der Waals surface area contributed by atoms with E-state index in [1.165, 1.54) is 6.92 Å². The molecule has 0 aliphatic heterocycles. The molecule has 0 radical (unpaired) electrons. The maximum atomic E-state index is 8.33. The molecule has 0 aromatic carbocycles. The van der Waals surface area contributed by atoms with E-state index in [4.69, 9.17) is 20.3 Å². The van der Waals surface area contributed by atoms with Crippen LogP contribution in [0.1, 0.15) is 6.92 Å². The number of carbonyl (C=O) groups excluding carboxylic acids is 1. The molecule has 0 unspecified atom stereocenters. The molecule has 0 aromatic heterocycles. The van der Waals surface area contributed by atoms with Crippen LogP contribution in [0.3, 0.4) is 0 Å². The van der Waals surface area contributed by atoms with Crippen LogP contribution in [0, 0.1) is 11.3 Å². The molecule has 0 fully saturated rings. The van der Waals surface area contributed by atoms with Crippen molar-refractivity contribution in [2.24, 2.45) is 0 Å². The van der Waals surface area contributed by atoms with E-state index < -0.39 is 6.16 Å². The first-order valence-electron chi connectivity index (χ1n) is 1.34. The number of nitriles is 1. The molecule has 0 aliphatic carbocycles. The molecular formula is C3H5K2NO4. The second kappa shape index (κ2) is 30.6. The number of hydrogen-bond acceptors (Lipinski definition) is 4. The first kappa shape index (κ1) is 29.6. The van der Waals surface area contributed by atoms with Gasteiger partial charge in [-0.05, 0) is 6.16 Å². The molecule has 0 rings (SSSR count). The van der Waals surface area contributed by atoms with Crippen LogP contribution in [-0.4, -0.2) is 11.6 Å². The van der Waals surface area contributed by atoms with Crippen LogP contribution in [0.15, 0.2) is 0 Å². The van der Waals surface area contributed by atoms with Crippen LogP contribution in [0.2, 0.25) is 0 Å². The Balaban J connectivity index is -0.0000000131. The number of nitrogens with zero attached hydrogens (tertiary/aromatic N) is 1. The van der Waals surface area contributed by atoms with Crippen LogP contribution in [0.4, 0.5) is 4.79 Å². The predicted octanol–water partition coefficient (Wildman–Crippen LogP) is -8.73. The zero-order chi connectivity index (χ0) is 6.28. The van der Waals surface area contributed by atoms with Crippen molar-refractivity contribution in [2.45, 2.75) is 6.92 Å². The van der Waals surface area contributed by atoms with Gasteiger partial charge in [0.1, 0.15) is 0 Å². The zero-order valence-electron chi connectivity index (χ0n) is 6.17. The molecule has 5 nitrogen and oxygen atoms in total. The van der Waals surface area contributed by atoms with E-state index in [1.54, 1.807) is 6.07 Å². The van der Waals surface area contributed by atoms with Crippen LogP contribution in [0.5, 0.6) is 0 Å². The van der Waals surface area contributed by atoms with Gasteiger partial charge in [-0.1, -0.05) is 0 Å². The molecule has 0 atom stereocenters. The summed E-state index contributed by atoms with van der Waals surface area (Å²) >= 11 is 0. The minimum Gasteiger partial charge on any atom is -0.652 e. The average Bonchev–Trinajstić information content (AvgIpc) is 1.33. The fourth-order valence-electron chi connectivity index (χ4n) is 0. The molecule has 0 saturated heterocycles. The summed E-state index contributed by atoms with van der Waals surface area (Å²) in [6.45, 7) is 1.43. The van der Waals surface area contributed by atoms with E-state index >= 15 is 0 Å². The Morgan fingerprint density at radius 3 is 1.40 bits per heavy atom. The molecule has 0 aliphatic rings. The molecule has 0 saturated carbocycles. The van der Waals surface area contributed by atoms with Crippen LogP contribution >= 0.6 is 0 Å². The third-order valence-electron chi connectivity index (χ3n) is 0. The molecule has 0 bridgehead atoms. The first-order valence-corrected chi connectivity index (χ1v) is 1.34. The minimum absolute atomic E-state index is 0. The van der Waals surface area contributed by atoms with Gasteiger partial charge in [-0.3, -0.25) is 0 Å². The Morgan fingerprint density at radius 2 is 1.40 bits per heavy atom. The third kappa shape index (κ3) is 204. The average molecular weight is 197 g/mol. The van der Waals surface area contributed by atoms with E-state index in [0.717, 1.165) is 0 Å². The molecule has 0 heterocycles. The largest absolute Gasteiger partial charge is 1.00 e. The van der Waals surface area contributed by atoms with E-state index in [2.05, 4.69) is 0 Å². The Morgan fingerprint density at radius 1 is 1.40 bits per heavy atom. The number of rotatable bonds is 0. The minimum atomic E-state index is -2.33. The molecule has 0 amide bonds. The van der Waals surface area contributed by atoms with Crippen LogP contribution in [-0.2, 0) is 0 Å². The van der Waals surface area contributed by atoms with Crippen LogP contribution < -0.4 is 113 Å². The Kier molecular flexibility index (Phi) is 90.6. The van der Waals surface area contributed by atoms with Gasteiger partial charge < -0.3 is 20.5 Å². The predicted molar refractivity (Wildman–Crippen MR) is 20.3 cm³/mol. The summed E-state index contributed by atoms with van der Waals surface area (Å²) < 4.78 is 0. The van der Waals surface area contributed by atoms with E-state index in [-0.39, 0.29) is 108 Å². The smallest absolute Gasteiger partial charge is 0.652 e. The van der Waals surface area contributed by atoms with Gasteiger partial charge in [-0.15, -0.1) is 0 Å². The van der Waals surface area contributed by atoms with Gasteiger partial charge in [-0.25, -0.2) is 0 Å². The number of hydrogen-bond donors (Lipinski definition) is 0. The van der Waals surface area contributed by atoms with E-state index in [1.807, 2.05) is 0 Å². The summed E-state index contributed by atoms with van der Waals surface area (Å²) in [6.07, 6.45) is -2.33. The van der Waals surface area contributed by atoms with E-state index in [0.29, 0.717) is 0 Å². The summed E-state index contributed by atoms with van der Waals surface area (Å²) in [6, 6.07) is 1.75. The van der Waals surface area contributed by atoms with Gasteiger partial charge in [0.2, 0.25) is 0 Å². The van der Waals surface area contributed by atoms with Crippen molar-refractivity contribution in [3.8, 4) is 6.07 Å². The van der Waals surface area contributed by atoms with Crippen molar-refractivity contribution in [3.05, 3.63) is 0 Å². The Labute approximate surface area is 144 Å². The van der Waals surface area contributed by atoms with Gasteiger partial charge >= 0.3 is 103 Å². The van der Waals surface area contributed by atoms with Gasteiger partial charge in [0.05, 0.1) is 6.07 Å². The third-order valence-corrected chi connectivity index (χ3v) is 0. The molecule has 2 N–H and O–H groups in total. The number of carboxylic acid groups (broad SMARTS) is 2. The van der Waals surface area contributed by atoms with Crippen molar-refractivity contribution in [1.29, 1.82) is 5.26 Å². The van der Waals surface area contributed by atoms with Gasteiger partial charge in [0.25, 0.3) is 0 Å². The van der Waals surface area contributed by atoms with Crippen molar-refractivity contribution in [3.63, 3.8) is 0 Å². The summed E-state index contributed by atoms with van der Waals surface area (Å²) in [4.78, 5) is 8.33. The topological polar surface area (TPSA) is 118 Å². The maximum Gasteiger partial charge on any atom is 1.00 e. The molecule has 10 heavy (non-hydrogen) atoms. The molecule has 0 spiro atoms. The Hall–Kier alpha value is 1.99. The van der Waals surface area contributed by atoms with Crippen LogP contribution in [0.25, 0.3) is 0 Å². The summed E-state index contributed by atoms with van der Waals surface area (Å²) in [7, 11) is 0. The van der Waals surface area contributed by atoms with Gasteiger partial charge in [0.15, 0.2) is 0 Å². The normalized spacial score (nSPS) is 3.20. The van der Waals surface area contributed by atoms with Crippen molar-refractivity contribution < 1.29 is 123 Å². The molecule has 0 aromatic rings. The van der Waals surface area contributed by atoms with Gasteiger partial charge in [0, 0.05) is 6.92 Å². The second-order valence-corrected chi connectivity index (χ2v) is 0.474. The molecule has 7 heteroatoms. The SMILES string of the molecule is CC#N.O.O=C([O-])[O-].[K+].[K+]. The maximum absolute atomic E-state index is 8.33. The zero-order valence-corrected chi connectivity index (χ0v) is 12.4. The Bertz CT molecular complexity index is 87.0. The van der Waals surface area contributed by atoms with Crippen molar-refractivity contribution >= 4 is 6.16 Å². The fourth-order valence-corrected chi connectivity index (χ4v) is 0. The summed E-state index contributed by atoms with van der Waals surface area (Å²) in [5, 5.41) is 24.0. The second-order valence-electron chi connectivity index (χ2n) is 0.474. The molecule has 48 valence electrons. The summed E-state index contributed by atoms with van der Waals surface area (Å²) in [5.41, 5.74) is 0. The monoisotopic (exact) mass is 197 g/mol. The van der Waals surface area contributed by atoms with Crippen molar-refractivity contribution in [1.82, 2.24) is 0 Å². The van der Waals surface area contributed by atoms with Crippen molar-refractivity contribution in [2.75, 3.05) is 0 Å². The van der Waals surface area contributed by atoms with E-state index in [9.17, 15) is 0 Å².